The second-order valence-corrected chi connectivity index (χ2v) is 7.02. The Morgan fingerprint density at radius 1 is 1.10 bits per heavy atom. The summed E-state index contributed by atoms with van der Waals surface area (Å²) < 4.78 is 30.7. The molecular formula is C21H20ClFN2O4. The van der Waals surface area contributed by atoms with E-state index in [9.17, 15) is 9.18 Å². The average molecular weight is 419 g/mol. The Morgan fingerprint density at radius 2 is 1.90 bits per heavy atom. The van der Waals surface area contributed by atoms with Crippen molar-refractivity contribution < 1.29 is 23.4 Å². The van der Waals surface area contributed by atoms with Crippen molar-refractivity contribution in [3.8, 4) is 11.5 Å². The van der Waals surface area contributed by atoms with Crippen molar-refractivity contribution in [3.63, 3.8) is 0 Å². The Bertz CT molecular complexity index is 945. The quantitative estimate of drug-likeness (QED) is 0.766. The summed E-state index contributed by atoms with van der Waals surface area (Å²) in [6.45, 7) is 3.33. The van der Waals surface area contributed by atoms with Gasteiger partial charge in [-0.15, -0.1) is 0 Å². The Labute approximate surface area is 172 Å². The highest BCUT2D eigenvalue weighted by atomic mass is 35.5. The summed E-state index contributed by atoms with van der Waals surface area (Å²) in [5.41, 5.74) is 1.59. The zero-order valence-electron chi connectivity index (χ0n) is 15.6. The van der Waals surface area contributed by atoms with E-state index in [4.69, 9.17) is 25.8 Å². The standard InChI is InChI=1S/C21H20ClFN2O4/c22-16-11-14(12-19-21(16)29-10-9-28-19)1-4-20(26)24-15-2-3-18(17(23)13-15)25-5-7-27-8-6-25/h1-4,11-13H,5-10H2,(H,24,26)/b4-1+. The largest absolute Gasteiger partial charge is 0.486 e. The average Bonchev–Trinajstić information content (AvgIpc) is 2.73. The van der Waals surface area contributed by atoms with Gasteiger partial charge in [0.2, 0.25) is 5.91 Å². The first-order valence-corrected chi connectivity index (χ1v) is 9.68. The molecule has 0 aromatic heterocycles. The summed E-state index contributed by atoms with van der Waals surface area (Å²) >= 11 is 6.20. The third-order valence-corrected chi connectivity index (χ3v) is 4.89. The predicted molar refractivity (Wildman–Crippen MR) is 110 cm³/mol. The van der Waals surface area contributed by atoms with Crippen LogP contribution in [0.25, 0.3) is 6.08 Å². The van der Waals surface area contributed by atoms with Gasteiger partial charge in [0.05, 0.1) is 23.9 Å². The first kappa shape index (κ1) is 19.5. The van der Waals surface area contributed by atoms with E-state index in [1.807, 2.05) is 4.90 Å². The molecule has 1 amide bonds. The van der Waals surface area contributed by atoms with Crippen LogP contribution in [0.5, 0.6) is 11.5 Å². The van der Waals surface area contributed by atoms with Gasteiger partial charge in [0.15, 0.2) is 11.5 Å². The third-order valence-electron chi connectivity index (χ3n) is 4.61. The summed E-state index contributed by atoms with van der Waals surface area (Å²) in [6, 6.07) is 8.11. The number of carbonyl (C=O) groups is 1. The predicted octanol–water partition coefficient (Wildman–Crippen LogP) is 3.74. The first-order chi connectivity index (χ1) is 14.1. The fourth-order valence-corrected chi connectivity index (χ4v) is 3.50. The number of nitrogens with zero attached hydrogens (tertiary/aromatic N) is 1. The number of anilines is 2. The maximum atomic E-state index is 14.4. The molecule has 152 valence electrons. The molecule has 2 aliphatic heterocycles. The van der Waals surface area contributed by atoms with Crippen LogP contribution in [0.1, 0.15) is 5.56 Å². The van der Waals surface area contributed by atoms with E-state index in [1.54, 1.807) is 30.3 Å². The maximum Gasteiger partial charge on any atom is 0.248 e. The van der Waals surface area contributed by atoms with Gasteiger partial charge in [0, 0.05) is 24.9 Å². The molecule has 0 spiro atoms. The molecule has 0 radical (unpaired) electrons. The Kier molecular flexibility index (Phi) is 5.87. The summed E-state index contributed by atoms with van der Waals surface area (Å²) in [4.78, 5) is 14.1. The minimum Gasteiger partial charge on any atom is -0.486 e. The van der Waals surface area contributed by atoms with Crippen LogP contribution >= 0.6 is 11.6 Å². The molecular weight excluding hydrogens is 399 g/mol. The molecule has 2 aromatic carbocycles. The number of nitrogens with one attached hydrogen (secondary N) is 1. The number of morpholine rings is 1. The van der Waals surface area contributed by atoms with Gasteiger partial charge >= 0.3 is 0 Å². The molecule has 2 heterocycles. The Morgan fingerprint density at radius 3 is 2.69 bits per heavy atom. The number of fused-ring (bicyclic) bond motifs is 1. The van der Waals surface area contributed by atoms with Crippen molar-refractivity contribution in [2.75, 3.05) is 49.7 Å². The zero-order chi connectivity index (χ0) is 20.2. The van der Waals surface area contributed by atoms with Gasteiger partial charge in [0.1, 0.15) is 19.0 Å². The molecule has 1 N–H and O–H groups in total. The molecule has 2 aliphatic rings. The lowest BCUT2D eigenvalue weighted by Gasteiger charge is -2.29. The van der Waals surface area contributed by atoms with Gasteiger partial charge in [-0.05, 0) is 42.0 Å². The SMILES string of the molecule is O=C(/C=C/c1cc(Cl)c2c(c1)OCCO2)Nc1ccc(N2CCOCC2)c(F)c1. The Balaban J connectivity index is 1.42. The van der Waals surface area contributed by atoms with Crippen molar-refractivity contribution in [3.05, 3.63) is 52.8 Å². The van der Waals surface area contributed by atoms with Gasteiger partial charge in [-0.2, -0.15) is 0 Å². The number of amides is 1. The third kappa shape index (κ3) is 4.63. The normalized spacial score (nSPS) is 16.1. The van der Waals surface area contributed by atoms with E-state index >= 15 is 0 Å². The van der Waals surface area contributed by atoms with Crippen LogP contribution in [0, 0.1) is 5.82 Å². The molecule has 4 rings (SSSR count). The van der Waals surface area contributed by atoms with Gasteiger partial charge in [0.25, 0.3) is 0 Å². The minimum absolute atomic E-state index is 0.380. The number of rotatable bonds is 4. The lowest BCUT2D eigenvalue weighted by Crippen LogP contribution is -2.36. The minimum atomic E-state index is -0.382. The lowest BCUT2D eigenvalue weighted by atomic mass is 10.1. The van der Waals surface area contributed by atoms with E-state index in [0.717, 1.165) is 0 Å². The van der Waals surface area contributed by atoms with Crippen LogP contribution in [0.2, 0.25) is 5.02 Å². The summed E-state index contributed by atoms with van der Waals surface area (Å²) in [5, 5.41) is 3.08. The topological polar surface area (TPSA) is 60.0 Å². The lowest BCUT2D eigenvalue weighted by molar-refractivity contribution is -0.111. The molecule has 6 nitrogen and oxygen atoms in total. The van der Waals surface area contributed by atoms with Crippen molar-refractivity contribution in [2.24, 2.45) is 0 Å². The monoisotopic (exact) mass is 418 g/mol. The van der Waals surface area contributed by atoms with E-state index in [2.05, 4.69) is 5.32 Å². The molecule has 0 bridgehead atoms. The van der Waals surface area contributed by atoms with E-state index in [0.29, 0.717) is 73.0 Å². The smallest absolute Gasteiger partial charge is 0.248 e. The van der Waals surface area contributed by atoms with E-state index in [1.165, 1.54) is 12.1 Å². The highest BCUT2D eigenvalue weighted by Gasteiger charge is 2.17. The number of ether oxygens (including phenoxy) is 3. The van der Waals surface area contributed by atoms with Gasteiger partial charge in [-0.3, -0.25) is 4.79 Å². The second kappa shape index (κ2) is 8.71. The molecule has 0 saturated carbocycles. The van der Waals surface area contributed by atoms with Crippen molar-refractivity contribution in [1.82, 2.24) is 0 Å². The molecule has 0 atom stereocenters. The highest BCUT2D eigenvalue weighted by Crippen LogP contribution is 2.38. The molecule has 1 saturated heterocycles. The zero-order valence-corrected chi connectivity index (χ0v) is 16.4. The summed E-state index contributed by atoms with van der Waals surface area (Å²) in [7, 11) is 0. The van der Waals surface area contributed by atoms with Gasteiger partial charge in [-0.25, -0.2) is 4.39 Å². The number of hydrogen-bond acceptors (Lipinski definition) is 5. The van der Waals surface area contributed by atoms with Crippen LogP contribution < -0.4 is 19.7 Å². The Hall–Kier alpha value is -2.77. The van der Waals surface area contributed by atoms with Crippen molar-refractivity contribution in [2.45, 2.75) is 0 Å². The van der Waals surface area contributed by atoms with Crippen LogP contribution in [0.4, 0.5) is 15.8 Å². The number of carbonyl (C=O) groups excluding carboxylic acids is 1. The number of hydrogen-bond donors (Lipinski definition) is 1. The summed E-state index contributed by atoms with van der Waals surface area (Å²) in [5.74, 6) is 0.293. The van der Waals surface area contributed by atoms with Crippen molar-refractivity contribution >= 4 is 35.0 Å². The van der Waals surface area contributed by atoms with E-state index in [-0.39, 0.29) is 11.7 Å². The van der Waals surface area contributed by atoms with Crippen LogP contribution in [0.15, 0.2) is 36.4 Å². The van der Waals surface area contributed by atoms with Crippen molar-refractivity contribution in [1.29, 1.82) is 0 Å². The van der Waals surface area contributed by atoms with Crippen LogP contribution in [0.3, 0.4) is 0 Å². The molecule has 8 heteroatoms. The first-order valence-electron chi connectivity index (χ1n) is 9.30. The molecule has 29 heavy (non-hydrogen) atoms. The second-order valence-electron chi connectivity index (χ2n) is 6.62. The van der Waals surface area contributed by atoms with Crippen LogP contribution in [-0.2, 0) is 9.53 Å². The van der Waals surface area contributed by atoms with Gasteiger partial charge in [-0.1, -0.05) is 11.6 Å². The van der Waals surface area contributed by atoms with E-state index < -0.39 is 0 Å². The molecule has 1 fully saturated rings. The maximum absolute atomic E-state index is 14.4. The fraction of sp³-hybridized carbons (Fsp3) is 0.286. The number of halogens is 2. The van der Waals surface area contributed by atoms with Gasteiger partial charge < -0.3 is 24.4 Å². The highest BCUT2D eigenvalue weighted by molar-refractivity contribution is 6.32. The number of benzene rings is 2. The molecule has 0 aliphatic carbocycles. The summed E-state index contributed by atoms with van der Waals surface area (Å²) in [6.07, 6.45) is 2.97. The fourth-order valence-electron chi connectivity index (χ4n) is 3.23. The molecule has 2 aromatic rings. The molecule has 0 unspecified atom stereocenters. The van der Waals surface area contributed by atoms with Crippen LogP contribution in [-0.4, -0.2) is 45.4 Å².